The summed E-state index contributed by atoms with van der Waals surface area (Å²) >= 11 is 0. The molecule has 1 aliphatic rings. The molecule has 0 amide bonds. The Labute approximate surface area is 68.4 Å². The summed E-state index contributed by atoms with van der Waals surface area (Å²) in [6.07, 6.45) is 5.18. The van der Waals surface area contributed by atoms with Crippen molar-refractivity contribution in [2.75, 3.05) is 6.54 Å². The summed E-state index contributed by atoms with van der Waals surface area (Å²) in [5.74, 6) is 0.421. The molecule has 0 unspecified atom stereocenters. The molecule has 0 saturated carbocycles. The Kier molecular flexibility index (Phi) is 3.57. The van der Waals surface area contributed by atoms with E-state index in [0.29, 0.717) is 5.78 Å². The first-order valence-corrected chi connectivity index (χ1v) is 4.60. The molecule has 1 rings (SSSR count). The van der Waals surface area contributed by atoms with E-state index >= 15 is 0 Å². The molecule has 0 aromatic rings. The first-order chi connectivity index (χ1) is 5.34. The van der Waals surface area contributed by atoms with Crippen molar-refractivity contribution in [1.82, 2.24) is 5.32 Å². The fourth-order valence-electron chi connectivity index (χ4n) is 1.48. The van der Waals surface area contributed by atoms with Crippen LogP contribution < -0.4 is 5.32 Å². The highest BCUT2D eigenvalue weighted by Gasteiger charge is 2.20. The molecule has 0 aliphatic carbocycles. The molecule has 11 heavy (non-hydrogen) atoms. The van der Waals surface area contributed by atoms with Crippen molar-refractivity contribution in [1.29, 1.82) is 0 Å². The lowest BCUT2D eigenvalue weighted by Crippen LogP contribution is -2.30. The Morgan fingerprint density at radius 1 is 1.64 bits per heavy atom. The van der Waals surface area contributed by atoms with Crippen LogP contribution in [0.25, 0.3) is 0 Å². The zero-order chi connectivity index (χ0) is 8.10. The average molecular weight is 155 g/mol. The van der Waals surface area contributed by atoms with Crippen LogP contribution in [0.1, 0.15) is 39.0 Å². The van der Waals surface area contributed by atoms with Crippen LogP contribution in [0.4, 0.5) is 0 Å². The van der Waals surface area contributed by atoms with Gasteiger partial charge in [0.15, 0.2) is 0 Å². The third-order valence-electron chi connectivity index (χ3n) is 2.23. The van der Waals surface area contributed by atoms with Crippen molar-refractivity contribution < 1.29 is 4.79 Å². The molecule has 1 saturated heterocycles. The minimum atomic E-state index is 0.196. The highest BCUT2D eigenvalue weighted by molar-refractivity contribution is 5.84. The first-order valence-electron chi connectivity index (χ1n) is 4.60. The van der Waals surface area contributed by atoms with Crippen molar-refractivity contribution in [3.8, 4) is 0 Å². The lowest BCUT2D eigenvalue weighted by Gasteiger charge is -2.07. The van der Waals surface area contributed by atoms with E-state index < -0.39 is 0 Å². The zero-order valence-electron chi connectivity index (χ0n) is 7.23. The molecule has 1 atom stereocenters. The highest BCUT2D eigenvalue weighted by Crippen LogP contribution is 2.09. The summed E-state index contributed by atoms with van der Waals surface area (Å²) in [6.45, 7) is 3.15. The van der Waals surface area contributed by atoms with Gasteiger partial charge in [0.1, 0.15) is 5.78 Å². The quantitative estimate of drug-likeness (QED) is 0.666. The van der Waals surface area contributed by atoms with E-state index in [9.17, 15) is 4.79 Å². The largest absolute Gasteiger partial charge is 0.307 e. The minimum absolute atomic E-state index is 0.196. The maximum Gasteiger partial charge on any atom is 0.149 e. The molecule has 1 aliphatic heterocycles. The van der Waals surface area contributed by atoms with Gasteiger partial charge in [0.2, 0.25) is 0 Å². The number of rotatable bonds is 4. The number of nitrogens with one attached hydrogen (secondary N) is 1. The first kappa shape index (κ1) is 8.72. The summed E-state index contributed by atoms with van der Waals surface area (Å²) in [6, 6.07) is 0.196. The second kappa shape index (κ2) is 4.50. The van der Waals surface area contributed by atoms with Crippen molar-refractivity contribution in [3.05, 3.63) is 0 Å². The van der Waals surface area contributed by atoms with Crippen LogP contribution in [0, 0.1) is 0 Å². The molecular weight excluding hydrogens is 138 g/mol. The Bertz CT molecular complexity index is 128. The van der Waals surface area contributed by atoms with Crippen molar-refractivity contribution in [2.24, 2.45) is 0 Å². The lowest BCUT2D eigenvalue weighted by molar-refractivity contribution is -0.120. The Balaban J connectivity index is 2.17. The summed E-state index contributed by atoms with van der Waals surface area (Å²) in [4.78, 5) is 11.3. The third kappa shape index (κ3) is 2.62. The van der Waals surface area contributed by atoms with Crippen LogP contribution in [-0.4, -0.2) is 18.4 Å². The average Bonchev–Trinajstić information content (AvgIpc) is 2.52. The van der Waals surface area contributed by atoms with E-state index in [2.05, 4.69) is 12.2 Å². The maximum atomic E-state index is 11.3. The van der Waals surface area contributed by atoms with Crippen LogP contribution >= 0.6 is 0 Å². The van der Waals surface area contributed by atoms with Gasteiger partial charge in [-0.05, 0) is 25.8 Å². The van der Waals surface area contributed by atoms with Crippen LogP contribution in [-0.2, 0) is 4.79 Å². The van der Waals surface area contributed by atoms with E-state index in [0.717, 1.165) is 32.2 Å². The molecule has 0 bridgehead atoms. The number of hydrogen-bond donors (Lipinski definition) is 1. The number of carbonyl (C=O) groups excluding carboxylic acids is 1. The van der Waals surface area contributed by atoms with Crippen LogP contribution in [0.15, 0.2) is 0 Å². The normalized spacial score (nSPS) is 23.9. The van der Waals surface area contributed by atoms with Gasteiger partial charge >= 0.3 is 0 Å². The fraction of sp³-hybridized carbons (Fsp3) is 0.889. The van der Waals surface area contributed by atoms with E-state index in [1.807, 2.05) is 0 Å². The van der Waals surface area contributed by atoms with Gasteiger partial charge in [0.05, 0.1) is 6.04 Å². The van der Waals surface area contributed by atoms with Gasteiger partial charge in [0.25, 0.3) is 0 Å². The number of hydrogen-bond acceptors (Lipinski definition) is 2. The van der Waals surface area contributed by atoms with E-state index in [1.165, 1.54) is 6.42 Å². The molecule has 64 valence electrons. The predicted octanol–water partition coefficient (Wildman–Crippen LogP) is 1.50. The van der Waals surface area contributed by atoms with Gasteiger partial charge in [-0.25, -0.2) is 0 Å². The molecule has 0 radical (unpaired) electrons. The van der Waals surface area contributed by atoms with Gasteiger partial charge in [-0.15, -0.1) is 0 Å². The monoisotopic (exact) mass is 155 g/mol. The van der Waals surface area contributed by atoms with Crippen molar-refractivity contribution >= 4 is 5.78 Å². The molecule has 1 fully saturated rings. The van der Waals surface area contributed by atoms with Gasteiger partial charge in [-0.1, -0.05) is 13.3 Å². The third-order valence-corrected chi connectivity index (χ3v) is 2.23. The molecule has 0 spiro atoms. The van der Waals surface area contributed by atoms with Crippen molar-refractivity contribution in [3.63, 3.8) is 0 Å². The van der Waals surface area contributed by atoms with Crippen LogP contribution in [0.2, 0.25) is 0 Å². The van der Waals surface area contributed by atoms with E-state index in [4.69, 9.17) is 0 Å². The molecule has 1 N–H and O–H groups in total. The maximum absolute atomic E-state index is 11.3. The lowest BCUT2D eigenvalue weighted by atomic mass is 10.1. The predicted molar refractivity (Wildman–Crippen MR) is 45.6 cm³/mol. The standard InChI is InChI=1S/C9H17NO/c1-2-3-6-9(11)8-5-4-7-10-8/h8,10H,2-7H2,1H3/t8-/m0/s1. The number of ketones is 1. The Morgan fingerprint density at radius 3 is 3.00 bits per heavy atom. The fourth-order valence-corrected chi connectivity index (χ4v) is 1.48. The van der Waals surface area contributed by atoms with Crippen LogP contribution in [0.3, 0.4) is 0 Å². The summed E-state index contributed by atoms with van der Waals surface area (Å²) in [7, 11) is 0. The SMILES string of the molecule is CCCCC(=O)[C@@H]1CCCN1. The van der Waals surface area contributed by atoms with Gasteiger partial charge in [0, 0.05) is 6.42 Å². The molecule has 2 heteroatoms. The van der Waals surface area contributed by atoms with E-state index in [1.54, 1.807) is 0 Å². The molecular formula is C9H17NO. The van der Waals surface area contributed by atoms with Gasteiger partial charge in [-0.2, -0.15) is 0 Å². The zero-order valence-corrected chi connectivity index (χ0v) is 7.23. The highest BCUT2D eigenvalue weighted by atomic mass is 16.1. The topological polar surface area (TPSA) is 29.1 Å². The smallest absolute Gasteiger partial charge is 0.149 e. The van der Waals surface area contributed by atoms with E-state index in [-0.39, 0.29) is 6.04 Å². The summed E-state index contributed by atoms with van der Waals surface area (Å²) < 4.78 is 0. The summed E-state index contributed by atoms with van der Waals surface area (Å²) in [5, 5.41) is 3.22. The summed E-state index contributed by atoms with van der Waals surface area (Å²) in [5.41, 5.74) is 0. The second-order valence-corrected chi connectivity index (χ2v) is 3.22. The molecule has 1 heterocycles. The molecule has 0 aromatic heterocycles. The van der Waals surface area contributed by atoms with Crippen molar-refractivity contribution in [2.45, 2.75) is 45.1 Å². The molecule has 0 aromatic carbocycles. The Morgan fingerprint density at radius 2 is 2.45 bits per heavy atom. The second-order valence-electron chi connectivity index (χ2n) is 3.22. The van der Waals surface area contributed by atoms with Gasteiger partial charge < -0.3 is 5.32 Å². The molecule has 2 nitrogen and oxygen atoms in total. The number of unbranched alkanes of at least 4 members (excludes halogenated alkanes) is 1. The number of carbonyl (C=O) groups is 1. The van der Waals surface area contributed by atoms with Gasteiger partial charge in [-0.3, -0.25) is 4.79 Å². The Hall–Kier alpha value is -0.370. The number of Topliss-reactive ketones (excluding diaryl/α,β-unsaturated/α-hetero) is 1. The minimum Gasteiger partial charge on any atom is -0.307 e. The van der Waals surface area contributed by atoms with Crippen LogP contribution in [0.5, 0.6) is 0 Å².